The molecule has 1 aromatic carbocycles. The number of nitrogens with zero attached hydrogens (tertiary/aromatic N) is 2. The highest BCUT2D eigenvalue weighted by Gasteiger charge is 2.17. The van der Waals surface area contributed by atoms with E-state index in [1.54, 1.807) is 13.8 Å². The largest absolute Gasteiger partial charge is 0.462 e. The number of nitrogens with one attached hydrogen (secondary N) is 1. The molecule has 3 rings (SSSR count). The van der Waals surface area contributed by atoms with Crippen molar-refractivity contribution in [1.29, 1.82) is 0 Å². The predicted octanol–water partition coefficient (Wildman–Crippen LogP) is 3.88. The Morgan fingerprint density at radius 1 is 1.36 bits per heavy atom. The highest BCUT2D eigenvalue weighted by molar-refractivity contribution is 7.17. The zero-order valence-corrected chi connectivity index (χ0v) is 15.3. The zero-order valence-electron chi connectivity index (χ0n) is 13.7. The van der Waals surface area contributed by atoms with Gasteiger partial charge in [-0.15, -0.1) is 0 Å². The van der Waals surface area contributed by atoms with Crippen molar-refractivity contribution < 1.29 is 14.3 Å². The molecule has 0 aliphatic rings. The van der Waals surface area contributed by atoms with E-state index in [1.165, 1.54) is 0 Å². The minimum Gasteiger partial charge on any atom is -0.462 e. The van der Waals surface area contributed by atoms with Crippen molar-refractivity contribution in [3.63, 3.8) is 0 Å². The molecule has 0 bridgehead atoms. The first kappa shape index (κ1) is 17.4. The van der Waals surface area contributed by atoms with Gasteiger partial charge in [0.05, 0.1) is 12.3 Å². The Hall–Kier alpha value is -2.38. The van der Waals surface area contributed by atoms with Gasteiger partial charge in [-0.25, -0.2) is 9.78 Å². The number of aryl methyl sites for hydroxylation is 1. The Kier molecular flexibility index (Phi) is 5.06. The van der Waals surface area contributed by atoms with Crippen molar-refractivity contribution in [3.8, 4) is 0 Å². The standard InChI is InChI=1S/C17H16ClN3O3S/c1-3-24-16(23)15-10(2)19-17(25-15)20-14(22)9-21-7-6-11-4-5-12(18)8-13(11)21/h4-8H,3,9H2,1-2H3,(H,19,20,22). The van der Waals surface area contributed by atoms with Gasteiger partial charge in [-0.1, -0.05) is 29.0 Å². The molecule has 0 aliphatic carbocycles. The Bertz CT molecular complexity index is 948. The van der Waals surface area contributed by atoms with Crippen LogP contribution >= 0.6 is 22.9 Å². The van der Waals surface area contributed by atoms with Gasteiger partial charge in [0, 0.05) is 16.7 Å². The number of hydrogen-bond acceptors (Lipinski definition) is 5. The van der Waals surface area contributed by atoms with Crippen LogP contribution in [0.15, 0.2) is 30.5 Å². The Morgan fingerprint density at radius 3 is 2.92 bits per heavy atom. The van der Waals surface area contributed by atoms with Crippen LogP contribution in [0.5, 0.6) is 0 Å². The second kappa shape index (κ2) is 7.25. The fraction of sp³-hybridized carbons (Fsp3) is 0.235. The first-order chi connectivity index (χ1) is 12.0. The highest BCUT2D eigenvalue weighted by Crippen LogP contribution is 2.24. The van der Waals surface area contributed by atoms with E-state index in [9.17, 15) is 9.59 Å². The molecule has 3 aromatic rings. The quantitative estimate of drug-likeness (QED) is 0.685. The summed E-state index contributed by atoms with van der Waals surface area (Å²) < 4.78 is 6.78. The van der Waals surface area contributed by atoms with Crippen LogP contribution in [0.2, 0.25) is 5.02 Å². The number of anilines is 1. The van der Waals surface area contributed by atoms with Crippen molar-refractivity contribution >= 4 is 50.8 Å². The van der Waals surface area contributed by atoms with E-state index in [0.717, 1.165) is 22.2 Å². The monoisotopic (exact) mass is 377 g/mol. The van der Waals surface area contributed by atoms with E-state index in [4.69, 9.17) is 16.3 Å². The van der Waals surface area contributed by atoms with Crippen LogP contribution in [0.1, 0.15) is 22.3 Å². The molecule has 6 nitrogen and oxygen atoms in total. The van der Waals surface area contributed by atoms with Gasteiger partial charge in [0.25, 0.3) is 0 Å². The summed E-state index contributed by atoms with van der Waals surface area (Å²) in [6.07, 6.45) is 1.83. The van der Waals surface area contributed by atoms with E-state index < -0.39 is 5.97 Å². The summed E-state index contributed by atoms with van der Waals surface area (Å²) in [7, 11) is 0. The molecule has 0 unspecified atom stereocenters. The van der Waals surface area contributed by atoms with Crippen LogP contribution < -0.4 is 5.32 Å². The smallest absolute Gasteiger partial charge is 0.350 e. The van der Waals surface area contributed by atoms with Crippen molar-refractivity contribution in [3.05, 3.63) is 46.1 Å². The van der Waals surface area contributed by atoms with E-state index in [0.29, 0.717) is 27.3 Å². The summed E-state index contributed by atoms with van der Waals surface area (Å²) in [6.45, 7) is 3.86. The summed E-state index contributed by atoms with van der Waals surface area (Å²) in [6, 6.07) is 7.45. The Labute approximate surface area is 153 Å². The Morgan fingerprint density at radius 2 is 2.16 bits per heavy atom. The summed E-state index contributed by atoms with van der Waals surface area (Å²) in [5.74, 6) is -0.661. The fourth-order valence-corrected chi connectivity index (χ4v) is 3.49. The zero-order chi connectivity index (χ0) is 18.0. The van der Waals surface area contributed by atoms with Crippen LogP contribution in [-0.2, 0) is 16.1 Å². The van der Waals surface area contributed by atoms with Crippen molar-refractivity contribution in [2.45, 2.75) is 20.4 Å². The minimum atomic E-state index is -0.427. The number of halogens is 1. The average Bonchev–Trinajstić information content (AvgIpc) is 3.11. The molecule has 130 valence electrons. The number of hydrogen-bond donors (Lipinski definition) is 1. The molecule has 0 aliphatic heterocycles. The summed E-state index contributed by atoms with van der Waals surface area (Å²) >= 11 is 7.13. The van der Waals surface area contributed by atoms with Gasteiger partial charge in [-0.2, -0.15) is 0 Å². The summed E-state index contributed by atoms with van der Waals surface area (Å²) in [5, 5.41) is 4.72. The second-order valence-electron chi connectivity index (χ2n) is 5.35. The number of carbonyl (C=O) groups is 2. The van der Waals surface area contributed by atoms with E-state index >= 15 is 0 Å². The van der Waals surface area contributed by atoms with Crippen LogP contribution in [-0.4, -0.2) is 28.0 Å². The third-order valence-electron chi connectivity index (χ3n) is 3.55. The van der Waals surface area contributed by atoms with E-state index in [2.05, 4.69) is 10.3 Å². The molecule has 1 amide bonds. The molecular formula is C17H16ClN3O3S. The lowest BCUT2D eigenvalue weighted by Gasteiger charge is -2.05. The molecule has 0 atom stereocenters. The minimum absolute atomic E-state index is 0.122. The molecule has 8 heteroatoms. The number of ether oxygens (including phenoxy) is 1. The van der Waals surface area contributed by atoms with E-state index in [1.807, 2.05) is 35.0 Å². The first-order valence-corrected chi connectivity index (χ1v) is 8.86. The fourth-order valence-electron chi connectivity index (χ4n) is 2.44. The van der Waals surface area contributed by atoms with Gasteiger partial charge in [0.2, 0.25) is 5.91 Å². The molecule has 0 spiro atoms. The molecule has 2 aromatic heterocycles. The van der Waals surface area contributed by atoms with Crippen molar-refractivity contribution in [2.75, 3.05) is 11.9 Å². The van der Waals surface area contributed by atoms with Crippen LogP contribution in [0, 0.1) is 6.92 Å². The van der Waals surface area contributed by atoms with Crippen molar-refractivity contribution in [1.82, 2.24) is 9.55 Å². The van der Waals surface area contributed by atoms with Gasteiger partial charge in [0.1, 0.15) is 11.4 Å². The summed E-state index contributed by atoms with van der Waals surface area (Å²) in [4.78, 5) is 28.7. The maximum absolute atomic E-state index is 12.3. The van der Waals surface area contributed by atoms with Gasteiger partial charge in [-0.05, 0) is 37.4 Å². The number of thiazole rings is 1. The highest BCUT2D eigenvalue weighted by atomic mass is 35.5. The molecule has 0 fully saturated rings. The van der Waals surface area contributed by atoms with Gasteiger partial charge in [0.15, 0.2) is 5.13 Å². The van der Waals surface area contributed by atoms with Crippen molar-refractivity contribution in [2.24, 2.45) is 0 Å². The average molecular weight is 378 g/mol. The summed E-state index contributed by atoms with van der Waals surface area (Å²) in [5.41, 5.74) is 1.42. The predicted molar refractivity (Wildman–Crippen MR) is 98.4 cm³/mol. The number of fused-ring (bicyclic) bond motifs is 1. The maximum atomic E-state index is 12.3. The SMILES string of the molecule is CCOC(=O)c1sc(NC(=O)Cn2ccc3ccc(Cl)cc32)nc1C. The number of aromatic nitrogens is 2. The third kappa shape index (κ3) is 3.83. The van der Waals surface area contributed by atoms with E-state index in [-0.39, 0.29) is 12.5 Å². The number of benzene rings is 1. The topological polar surface area (TPSA) is 73.2 Å². The molecule has 25 heavy (non-hydrogen) atoms. The molecule has 0 radical (unpaired) electrons. The normalized spacial score (nSPS) is 10.8. The van der Waals surface area contributed by atoms with Gasteiger partial charge < -0.3 is 14.6 Å². The molecule has 2 heterocycles. The number of amides is 1. The van der Waals surface area contributed by atoms with Crippen LogP contribution in [0.3, 0.4) is 0 Å². The lowest BCUT2D eigenvalue weighted by Crippen LogP contribution is -2.18. The molecule has 0 saturated heterocycles. The van der Waals surface area contributed by atoms with Gasteiger partial charge in [-0.3, -0.25) is 4.79 Å². The van der Waals surface area contributed by atoms with Crippen LogP contribution in [0.4, 0.5) is 5.13 Å². The molecule has 1 N–H and O–H groups in total. The Balaban J connectivity index is 1.73. The number of rotatable bonds is 5. The lowest BCUT2D eigenvalue weighted by atomic mass is 10.2. The molecular weight excluding hydrogens is 362 g/mol. The van der Waals surface area contributed by atoms with Crippen LogP contribution in [0.25, 0.3) is 10.9 Å². The number of esters is 1. The molecule has 0 saturated carbocycles. The third-order valence-corrected chi connectivity index (χ3v) is 4.84. The van der Waals surface area contributed by atoms with Gasteiger partial charge >= 0.3 is 5.97 Å². The first-order valence-electron chi connectivity index (χ1n) is 7.66. The number of carbonyl (C=O) groups excluding carboxylic acids is 2. The maximum Gasteiger partial charge on any atom is 0.350 e. The second-order valence-corrected chi connectivity index (χ2v) is 6.78. The lowest BCUT2D eigenvalue weighted by molar-refractivity contribution is -0.116.